The summed E-state index contributed by atoms with van der Waals surface area (Å²) in [6.07, 6.45) is 0. The maximum Gasteiger partial charge on any atom is 0 e. The molecule has 0 amide bonds. The fraction of sp³-hybridized carbons (Fsp3) is 0.167. The molecule has 0 saturated heterocycles. The molecule has 0 N–H and O–H groups in total. The van der Waals surface area contributed by atoms with Crippen LogP contribution in [0.3, 0.4) is 0 Å². The smallest absolute Gasteiger partial charge is 0 e. The molecule has 14 heavy (non-hydrogen) atoms. The molecule has 0 bridgehead atoms. The molecular formula is C12H14FeS-6. The first-order valence-corrected chi connectivity index (χ1v) is 4.88. The summed E-state index contributed by atoms with van der Waals surface area (Å²) in [5.41, 5.74) is 1.30. The first-order valence-electron chi connectivity index (χ1n) is 4.37. The van der Waals surface area contributed by atoms with Gasteiger partial charge in [-0.15, -0.1) is 5.56 Å². The summed E-state index contributed by atoms with van der Waals surface area (Å²) in [4.78, 5) is 0. The summed E-state index contributed by atoms with van der Waals surface area (Å²) in [5, 5.41) is 0.380. The van der Waals surface area contributed by atoms with Gasteiger partial charge in [0.2, 0.25) is 0 Å². The largest absolute Gasteiger partial charge is 0.748 e. The van der Waals surface area contributed by atoms with Crippen molar-refractivity contribution in [2.75, 3.05) is 0 Å². The molecule has 0 aromatic heterocycles. The van der Waals surface area contributed by atoms with Crippen LogP contribution < -0.4 is 0 Å². The van der Waals surface area contributed by atoms with E-state index in [9.17, 15) is 0 Å². The Morgan fingerprint density at radius 1 is 1.00 bits per heavy atom. The molecule has 0 heterocycles. The average molecular weight is 246 g/mol. The molecule has 1 atom stereocenters. The van der Waals surface area contributed by atoms with Crippen molar-refractivity contribution in [3.05, 3.63) is 60.2 Å². The summed E-state index contributed by atoms with van der Waals surface area (Å²) in [6.45, 7) is 2.07. The second-order valence-electron chi connectivity index (χ2n) is 2.86. The summed E-state index contributed by atoms with van der Waals surface area (Å²) in [7, 11) is 0. The first kappa shape index (κ1) is 13.6. The Morgan fingerprint density at radius 3 is 1.57 bits per heavy atom. The molecule has 0 spiro atoms. The Bertz CT molecular complexity index is 265. The van der Waals surface area contributed by atoms with E-state index in [0.29, 0.717) is 5.25 Å². The van der Waals surface area contributed by atoms with Gasteiger partial charge in [-0.2, -0.15) is 24.8 Å². The summed E-state index contributed by atoms with van der Waals surface area (Å²) in [5.74, 6) is 0. The molecule has 2 heteroatoms. The van der Waals surface area contributed by atoms with Gasteiger partial charge in [-0.05, 0) is 5.25 Å². The van der Waals surface area contributed by atoms with E-state index < -0.39 is 0 Å². The Hall–Kier alpha value is -0.431. The van der Waals surface area contributed by atoms with Gasteiger partial charge < -0.3 is 30.3 Å². The molecule has 1 unspecified atom stereocenters. The van der Waals surface area contributed by atoms with E-state index in [1.165, 1.54) is 5.56 Å². The van der Waals surface area contributed by atoms with Gasteiger partial charge in [-0.3, -0.25) is 0 Å². The van der Waals surface area contributed by atoms with E-state index in [2.05, 4.69) is 31.7 Å². The predicted molar refractivity (Wildman–Crippen MR) is 61.5 cm³/mol. The summed E-state index contributed by atoms with van der Waals surface area (Å²) >= 11 is 4.25. The minimum absolute atomic E-state index is 0. The van der Waals surface area contributed by atoms with E-state index in [-0.39, 0.29) is 17.1 Å². The van der Waals surface area contributed by atoms with Gasteiger partial charge in [0.05, 0.1) is 0 Å². The molecule has 0 nitrogen and oxygen atoms in total. The van der Waals surface area contributed by atoms with Gasteiger partial charge in [0.1, 0.15) is 0 Å². The standard InChI is InChI=1S/C7H9S.C5H5.Fe/c1-6(8)7-4-2-3-5-7;1-2-4-5-3-1;/h2-6,8H,1H3;1-5H;/q-1;-5;. The van der Waals surface area contributed by atoms with Crippen LogP contribution in [0.4, 0.5) is 0 Å². The van der Waals surface area contributed by atoms with Gasteiger partial charge in [0, 0.05) is 17.1 Å². The van der Waals surface area contributed by atoms with Crippen molar-refractivity contribution in [1.29, 1.82) is 0 Å². The van der Waals surface area contributed by atoms with Crippen LogP contribution in [0.25, 0.3) is 0 Å². The van der Waals surface area contributed by atoms with Crippen molar-refractivity contribution in [2.24, 2.45) is 0 Å². The van der Waals surface area contributed by atoms with Crippen LogP contribution in [0, 0.1) is 0 Å². The molecular weight excluding hydrogens is 232 g/mol. The number of rotatable bonds is 1. The monoisotopic (exact) mass is 246 g/mol. The van der Waals surface area contributed by atoms with Crippen molar-refractivity contribution >= 4 is 12.6 Å². The Kier molecular flexibility index (Phi) is 7.68. The van der Waals surface area contributed by atoms with Crippen LogP contribution in [0.5, 0.6) is 0 Å². The molecule has 2 aromatic carbocycles. The van der Waals surface area contributed by atoms with Crippen LogP contribution >= 0.6 is 12.6 Å². The van der Waals surface area contributed by atoms with Crippen LogP contribution in [0.15, 0.2) is 54.6 Å². The van der Waals surface area contributed by atoms with E-state index in [1.807, 2.05) is 42.5 Å². The van der Waals surface area contributed by atoms with Gasteiger partial charge >= 0.3 is 0 Å². The predicted octanol–water partition coefficient (Wildman–Crippen LogP) is 3.80. The fourth-order valence-electron chi connectivity index (χ4n) is 0.988. The second-order valence-corrected chi connectivity index (χ2v) is 3.63. The van der Waals surface area contributed by atoms with Gasteiger partial charge in [-0.25, -0.2) is 12.1 Å². The normalized spacial score (nSPS) is 10.7. The van der Waals surface area contributed by atoms with Crippen molar-refractivity contribution in [3.63, 3.8) is 0 Å². The molecule has 0 radical (unpaired) electrons. The molecule has 0 fully saturated rings. The van der Waals surface area contributed by atoms with E-state index in [4.69, 9.17) is 0 Å². The minimum Gasteiger partial charge on any atom is -0.748 e. The molecule has 0 aliphatic rings. The topological polar surface area (TPSA) is 0 Å². The van der Waals surface area contributed by atoms with Crippen molar-refractivity contribution in [1.82, 2.24) is 0 Å². The van der Waals surface area contributed by atoms with Crippen LogP contribution in [-0.4, -0.2) is 0 Å². The maximum absolute atomic E-state index is 4.25. The molecule has 82 valence electrons. The van der Waals surface area contributed by atoms with Crippen molar-refractivity contribution < 1.29 is 17.1 Å². The Balaban J connectivity index is 0.000000246. The zero-order chi connectivity index (χ0) is 9.52. The molecule has 2 rings (SSSR count). The van der Waals surface area contributed by atoms with Gasteiger partial charge in [0.15, 0.2) is 0 Å². The Morgan fingerprint density at radius 2 is 1.36 bits per heavy atom. The third kappa shape index (κ3) is 5.33. The van der Waals surface area contributed by atoms with E-state index in [0.717, 1.165) is 0 Å². The molecule has 0 aliphatic carbocycles. The van der Waals surface area contributed by atoms with Gasteiger partial charge in [-0.1, -0.05) is 6.92 Å². The number of thiol groups is 1. The SMILES string of the molecule is CC(S)[c-]1cccc1.[Fe].[cH-]1[cH-][cH-][cH-][cH-]1. The quantitative estimate of drug-likeness (QED) is 0.441. The van der Waals surface area contributed by atoms with Crippen molar-refractivity contribution in [2.45, 2.75) is 12.2 Å². The summed E-state index contributed by atoms with van der Waals surface area (Å²) in [6, 6.07) is 18.2. The second kappa shape index (κ2) is 7.93. The first-order chi connectivity index (χ1) is 6.30. The molecule has 2 aromatic rings. The van der Waals surface area contributed by atoms with E-state index >= 15 is 0 Å². The zero-order valence-electron chi connectivity index (χ0n) is 8.07. The van der Waals surface area contributed by atoms with Crippen LogP contribution in [-0.2, 0) is 17.1 Å². The zero-order valence-corrected chi connectivity index (χ0v) is 10.1. The third-order valence-corrected chi connectivity index (χ3v) is 2.02. The molecule has 0 aliphatic heterocycles. The fourth-order valence-corrected chi connectivity index (χ4v) is 1.16. The minimum atomic E-state index is 0. The van der Waals surface area contributed by atoms with Crippen LogP contribution in [0.2, 0.25) is 0 Å². The third-order valence-electron chi connectivity index (χ3n) is 1.73. The molecule has 0 saturated carbocycles. The van der Waals surface area contributed by atoms with Gasteiger partial charge in [0.25, 0.3) is 0 Å². The number of hydrogen-bond donors (Lipinski definition) is 1. The average Bonchev–Trinajstić information content (AvgIpc) is 2.82. The van der Waals surface area contributed by atoms with Crippen LogP contribution in [0.1, 0.15) is 17.7 Å². The maximum atomic E-state index is 4.25. The number of hydrogen-bond acceptors (Lipinski definition) is 1. The van der Waals surface area contributed by atoms with Crippen molar-refractivity contribution in [3.8, 4) is 0 Å². The van der Waals surface area contributed by atoms with E-state index in [1.54, 1.807) is 0 Å². The Labute approximate surface area is 102 Å². The summed E-state index contributed by atoms with van der Waals surface area (Å²) < 4.78 is 0.